The van der Waals surface area contributed by atoms with Crippen LogP contribution in [0, 0.1) is 0 Å². The van der Waals surface area contributed by atoms with Crippen LogP contribution in [0.3, 0.4) is 0 Å². The number of aromatic nitrogens is 2. The van der Waals surface area contributed by atoms with E-state index in [0.717, 1.165) is 37.3 Å². The molecule has 0 bridgehead atoms. The van der Waals surface area contributed by atoms with Gasteiger partial charge in [0.2, 0.25) is 0 Å². The number of nitrogens with one attached hydrogen (secondary N) is 1. The number of likely N-dealkylation sites (tertiary alicyclic amines) is 1. The molecule has 1 aromatic heterocycles. The van der Waals surface area contributed by atoms with Crippen LogP contribution in [-0.2, 0) is 9.84 Å². The number of aliphatic hydroxyl groups is 1. The highest BCUT2D eigenvalue weighted by Crippen LogP contribution is 2.26. The lowest BCUT2D eigenvalue weighted by Crippen LogP contribution is -2.37. The fraction of sp³-hybridized carbons (Fsp3) is 0.471. The van der Waals surface area contributed by atoms with E-state index < -0.39 is 15.9 Å². The summed E-state index contributed by atoms with van der Waals surface area (Å²) in [5, 5.41) is 10.5. The molecule has 2 aromatic rings. The van der Waals surface area contributed by atoms with Gasteiger partial charge in [0.25, 0.3) is 0 Å². The third-order valence-corrected chi connectivity index (χ3v) is 5.66. The summed E-state index contributed by atoms with van der Waals surface area (Å²) < 4.78 is 23.0. The van der Waals surface area contributed by atoms with E-state index in [2.05, 4.69) is 14.9 Å². The van der Waals surface area contributed by atoms with Crippen molar-refractivity contribution in [1.82, 2.24) is 14.9 Å². The topological polar surface area (TPSA) is 86.3 Å². The Morgan fingerprint density at radius 1 is 1.38 bits per heavy atom. The molecule has 1 fully saturated rings. The SMILES string of the molecule is CS(=O)(=O)c1ccc(C(O)CN2CCCC(c3ncc[nH]3)C2)cc1. The Morgan fingerprint density at radius 2 is 2.12 bits per heavy atom. The Hall–Kier alpha value is -1.70. The molecule has 1 aliphatic heterocycles. The van der Waals surface area contributed by atoms with E-state index in [1.807, 2.05) is 6.20 Å². The number of imidazole rings is 1. The summed E-state index contributed by atoms with van der Waals surface area (Å²) >= 11 is 0. The first-order valence-corrected chi connectivity index (χ1v) is 10.0. The first kappa shape index (κ1) is 17.1. The predicted molar refractivity (Wildman–Crippen MR) is 91.5 cm³/mol. The molecule has 6 nitrogen and oxygen atoms in total. The van der Waals surface area contributed by atoms with Gasteiger partial charge in [0.1, 0.15) is 5.82 Å². The standard InChI is InChI=1S/C17H23N3O3S/c1-24(22,23)15-6-4-13(5-7-15)16(21)12-20-10-2-3-14(11-20)17-18-8-9-19-17/h4-9,14,16,21H,2-3,10-12H2,1H3,(H,18,19). The monoisotopic (exact) mass is 349 g/mol. The second-order valence-electron chi connectivity index (χ2n) is 6.43. The van der Waals surface area contributed by atoms with Crippen LogP contribution in [0.5, 0.6) is 0 Å². The molecular weight excluding hydrogens is 326 g/mol. The summed E-state index contributed by atoms with van der Waals surface area (Å²) in [7, 11) is -3.21. The minimum atomic E-state index is -3.21. The van der Waals surface area contributed by atoms with Crippen molar-refractivity contribution in [2.45, 2.75) is 29.8 Å². The molecule has 1 aromatic carbocycles. The molecule has 1 aliphatic rings. The van der Waals surface area contributed by atoms with E-state index >= 15 is 0 Å². The second kappa shape index (κ2) is 7.04. The van der Waals surface area contributed by atoms with Crippen molar-refractivity contribution in [2.75, 3.05) is 25.9 Å². The number of rotatable bonds is 5. The van der Waals surface area contributed by atoms with Crippen molar-refractivity contribution in [3.05, 3.63) is 48.0 Å². The van der Waals surface area contributed by atoms with Gasteiger partial charge in [-0.05, 0) is 37.1 Å². The van der Waals surface area contributed by atoms with E-state index in [-0.39, 0.29) is 4.90 Å². The number of hydrogen-bond donors (Lipinski definition) is 2. The minimum absolute atomic E-state index is 0.273. The molecule has 2 unspecified atom stereocenters. The molecule has 2 heterocycles. The zero-order valence-electron chi connectivity index (χ0n) is 13.7. The Morgan fingerprint density at radius 3 is 2.75 bits per heavy atom. The van der Waals surface area contributed by atoms with Crippen LogP contribution in [0.2, 0.25) is 0 Å². The van der Waals surface area contributed by atoms with Gasteiger partial charge in [-0.15, -0.1) is 0 Å². The summed E-state index contributed by atoms with van der Waals surface area (Å²) in [6.07, 6.45) is 6.34. The number of benzene rings is 1. The summed E-state index contributed by atoms with van der Waals surface area (Å²) in [4.78, 5) is 10.0. The summed E-state index contributed by atoms with van der Waals surface area (Å²) in [5.41, 5.74) is 0.738. The van der Waals surface area contributed by atoms with Crippen LogP contribution in [0.25, 0.3) is 0 Å². The van der Waals surface area contributed by atoms with Gasteiger partial charge in [-0.1, -0.05) is 12.1 Å². The van der Waals surface area contributed by atoms with E-state index in [1.54, 1.807) is 30.5 Å². The smallest absolute Gasteiger partial charge is 0.175 e. The Labute approximate surface area is 142 Å². The second-order valence-corrected chi connectivity index (χ2v) is 8.45. The average molecular weight is 349 g/mol. The van der Waals surface area contributed by atoms with Crippen LogP contribution in [0.4, 0.5) is 0 Å². The maximum Gasteiger partial charge on any atom is 0.175 e. The Balaban J connectivity index is 1.63. The van der Waals surface area contributed by atoms with Gasteiger partial charge in [0.15, 0.2) is 9.84 Å². The van der Waals surface area contributed by atoms with Gasteiger partial charge in [0, 0.05) is 37.7 Å². The lowest BCUT2D eigenvalue weighted by atomic mass is 9.96. The van der Waals surface area contributed by atoms with Gasteiger partial charge < -0.3 is 10.1 Å². The van der Waals surface area contributed by atoms with Crippen molar-refractivity contribution in [2.24, 2.45) is 0 Å². The highest BCUT2D eigenvalue weighted by molar-refractivity contribution is 7.90. The van der Waals surface area contributed by atoms with Gasteiger partial charge in [-0.25, -0.2) is 13.4 Å². The summed E-state index contributed by atoms with van der Waals surface area (Å²) in [6.45, 7) is 2.36. The van der Waals surface area contributed by atoms with Crippen molar-refractivity contribution < 1.29 is 13.5 Å². The molecule has 2 N–H and O–H groups in total. The molecule has 2 atom stereocenters. The molecule has 0 aliphatic carbocycles. The highest BCUT2D eigenvalue weighted by Gasteiger charge is 2.24. The maximum atomic E-state index is 11.5. The number of aromatic amines is 1. The van der Waals surface area contributed by atoms with E-state index in [1.165, 1.54) is 6.26 Å². The van der Waals surface area contributed by atoms with Crippen molar-refractivity contribution >= 4 is 9.84 Å². The van der Waals surface area contributed by atoms with E-state index in [9.17, 15) is 13.5 Å². The number of H-pyrrole nitrogens is 1. The largest absolute Gasteiger partial charge is 0.387 e. The first-order valence-electron chi connectivity index (χ1n) is 8.13. The number of nitrogens with zero attached hydrogens (tertiary/aromatic N) is 2. The molecule has 24 heavy (non-hydrogen) atoms. The molecule has 0 amide bonds. The van der Waals surface area contributed by atoms with Crippen LogP contribution in [-0.4, -0.2) is 54.3 Å². The molecule has 0 saturated carbocycles. The summed E-state index contributed by atoms with van der Waals surface area (Å²) in [6, 6.07) is 6.48. The average Bonchev–Trinajstić information content (AvgIpc) is 3.09. The number of sulfone groups is 1. The Kier molecular flexibility index (Phi) is 5.03. The van der Waals surface area contributed by atoms with Crippen LogP contribution >= 0.6 is 0 Å². The van der Waals surface area contributed by atoms with Gasteiger partial charge >= 0.3 is 0 Å². The highest BCUT2D eigenvalue weighted by atomic mass is 32.2. The summed E-state index contributed by atoms with van der Waals surface area (Å²) in [5.74, 6) is 1.38. The van der Waals surface area contributed by atoms with Gasteiger partial charge in [0.05, 0.1) is 11.0 Å². The molecule has 7 heteroatoms. The molecule has 0 radical (unpaired) electrons. The van der Waals surface area contributed by atoms with Gasteiger partial charge in [-0.3, -0.25) is 4.90 Å². The zero-order valence-corrected chi connectivity index (χ0v) is 14.5. The molecule has 1 saturated heterocycles. The van der Waals surface area contributed by atoms with Crippen molar-refractivity contribution in [3.63, 3.8) is 0 Å². The lowest BCUT2D eigenvalue weighted by molar-refractivity contribution is 0.0946. The van der Waals surface area contributed by atoms with E-state index in [0.29, 0.717) is 12.5 Å². The molecule has 130 valence electrons. The minimum Gasteiger partial charge on any atom is -0.387 e. The van der Waals surface area contributed by atoms with Gasteiger partial charge in [-0.2, -0.15) is 0 Å². The number of aliphatic hydroxyl groups excluding tert-OH is 1. The lowest BCUT2D eigenvalue weighted by Gasteiger charge is -2.33. The van der Waals surface area contributed by atoms with Crippen LogP contribution < -0.4 is 0 Å². The molecule has 3 rings (SSSR count). The quantitative estimate of drug-likeness (QED) is 0.858. The predicted octanol–water partition coefficient (Wildman–Crippen LogP) is 1.73. The third-order valence-electron chi connectivity index (χ3n) is 4.54. The molecular formula is C17H23N3O3S. The van der Waals surface area contributed by atoms with Crippen molar-refractivity contribution in [1.29, 1.82) is 0 Å². The fourth-order valence-electron chi connectivity index (χ4n) is 3.23. The zero-order chi connectivity index (χ0) is 17.2. The molecule has 0 spiro atoms. The van der Waals surface area contributed by atoms with Crippen LogP contribution in [0.1, 0.15) is 36.3 Å². The maximum absolute atomic E-state index is 11.5. The van der Waals surface area contributed by atoms with E-state index in [4.69, 9.17) is 0 Å². The number of hydrogen-bond acceptors (Lipinski definition) is 5. The Bertz CT molecular complexity index is 757. The first-order chi connectivity index (χ1) is 11.4. The van der Waals surface area contributed by atoms with Crippen LogP contribution in [0.15, 0.2) is 41.6 Å². The number of piperidine rings is 1. The normalized spacial score (nSPS) is 20.8. The number of β-amino-alcohol motifs (C(OH)–C–C–N with tert-alkyl or cyclic N) is 1. The van der Waals surface area contributed by atoms with Crippen molar-refractivity contribution in [3.8, 4) is 0 Å². The third kappa shape index (κ3) is 4.03. The fourth-order valence-corrected chi connectivity index (χ4v) is 3.86.